The molecule has 0 aliphatic rings. The zero-order valence-electron chi connectivity index (χ0n) is 47.2. The van der Waals surface area contributed by atoms with E-state index in [1.165, 1.54) is 99.4 Å². The first-order valence-electron chi connectivity index (χ1n) is 26.1. The topological polar surface area (TPSA) is 0 Å². The molecule has 8 rings (SSSR count). The number of benzene rings is 6. The molecule has 2 radical (unpaired) electrons. The molecule has 0 N–H and O–H groups in total. The van der Waals surface area contributed by atoms with E-state index in [2.05, 4.69) is 269 Å². The standard InChI is InChI=1S/2C33H39.C2H6Si.2ClH.Zr/c2*1-22(2)16-23-17-25-14-15-29(24-12-10-9-11-13-24)31(30(25)18-23)26-19-27(32(3,4)5)21-28(20-26)33(6,7)8;1-3-2;;;/h2*9-15,17-22H,16H2,1-8H3;1-2H3;2*1H;/q2*-1;;;;+4/p-2. The van der Waals surface area contributed by atoms with E-state index < -0.39 is 20.8 Å². The molecule has 8 aromatic rings. The molecule has 0 unspecified atom stereocenters. The molecule has 378 valence electrons. The average Bonchev–Trinajstić information content (AvgIpc) is 3.90. The van der Waals surface area contributed by atoms with Crippen LogP contribution in [-0.4, -0.2) is 9.52 Å². The Morgan fingerprint density at radius 2 is 0.694 bits per heavy atom. The van der Waals surface area contributed by atoms with Crippen LogP contribution >= 0.6 is 17.0 Å². The number of hydrogen-bond acceptors (Lipinski definition) is 0. The van der Waals surface area contributed by atoms with Gasteiger partial charge in [-0.05, 0) is 102 Å². The van der Waals surface area contributed by atoms with Crippen molar-refractivity contribution in [2.24, 2.45) is 11.8 Å². The molecule has 0 bridgehead atoms. The van der Waals surface area contributed by atoms with Crippen LogP contribution in [0.3, 0.4) is 0 Å². The Hall–Kier alpha value is -3.78. The molecule has 0 saturated heterocycles. The summed E-state index contributed by atoms with van der Waals surface area (Å²) < 4.78 is 0. The van der Waals surface area contributed by atoms with Gasteiger partial charge in [0.1, 0.15) is 0 Å². The van der Waals surface area contributed by atoms with E-state index in [9.17, 15) is 0 Å². The van der Waals surface area contributed by atoms with Crippen molar-refractivity contribution in [1.29, 1.82) is 0 Å². The van der Waals surface area contributed by atoms with Gasteiger partial charge in [0.15, 0.2) is 0 Å². The predicted molar refractivity (Wildman–Crippen MR) is 322 cm³/mol. The Labute approximate surface area is 459 Å². The molecule has 0 atom stereocenters. The van der Waals surface area contributed by atoms with Gasteiger partial charge in [-0.25, -0.2) is 0 Å². The summed E-state index contributed by atoms with van der Waals surface area (Å²) >= 11 is -0.826. The molecule has 0 heterocycles. The monoisotopic (exact) mass is 1090 g/mol. The molecule has 0 fully saturated rings. The molecule has 0 nitrogen and oxygen atoms in total. The van der Waals surface area contributed by atoms with Crippen LogP contribution in [0.2, 0.25) is 13.1 Å². The maximum atomic E-state index is 4.93. The van der Waals surface area contributed by atoms with Gasteiger partial charge in [-0.15, -0.1) is 56.9 Å². The molecule has 72 heavy (non-hydrogen) atoms. The Balaban J connectivity index is 0.000000241. The SMILES string of the molecule is CC(C)Cc1cc2c(-c3cc(C(C)(C)C)cc(C(C)(C)C)c3)c(-c3ccccc3)ccc2[cH-]1.CC(C)Cc1cc2c(-c3cc(C(C)(C)C)cc(C(C)(C)C)c3)c(-c3ccccc3)ccc2[cH-]1.C[Si]C.[Cl][Zr+2][Cl]. The molecule has 4 heteroatoms. The van der Waals surface area contributed by atoms with Gasteiger partial charge in [-0.2, -0.15) is 12.1 Å². The van der Waals surface area contributed by atoms with Gasteiger partial charge < -0.3 is 0 Å². The van der Waals surface area contributed by atoms with E-state index >= 15 is 0 Å². The predicted octanol–water partition coefficient (Wildman–Crippen LogP) is 21.5. The first-order valence-corrected chi connectivity index (χ1v) is 34.5. The van der Waals surface area contributed by atoms with Crippen LogP contribution in [0.1, 0.15) is 144 Å². The Morgan fingerprint density at radius 1 is 0.417 bits per heavy atom. The van der Waals surface area contributed by atoms with Gasteiger partial charge in [0.2, 0.25) is 0 Å². The minimum atomic E-state index is -0.826. The van der Waals surface area contributed by atoms with Crippen LogP contribution in [0.15, 0.2) is 146 Å². The third-order valence-corrected chi connectivity index (χ3v) is 13.3. The van der Waals surface area contributed by atoms with Gasteiger partial charge >= 0.3 is 37.9 Å². The third kappa shape index (κ3) is 15.6. The summed E-state index contributed by atoms with van der Waals surface area (Å²) in [4.78, 5) is 0. The van der Waals surface area contributed by atoms with Crippen LogP contribution in [0.5, 0.6) is 0 Å². The maximum absolute atomic E-state index is 4.93. The van der Waals surface area contributed by atoms with Gasteiger partial charge in [0.05, 0.1) is 0 Å². The van der Waals surface area contributed by atoms with Crippen LogP contribution in [-0.2, 0) is 55.3 Å². The van der Waals surface area contributed by atoms with E-state index in [0.29, 0.717) is 11.8 Å². The van der Waals surface area contributed by atoms with Crippen molar-refractivity contribution in [3.05, 3.63) is 179 Å². The molecule has 0 saturated carbocycles. The fraction of sp³-hybridized carbons (Fsp3) is 0.382. The Kier molecular flexibility index (Phi) is 20.7. The zero-order chi connectivity index (χ0) is 53.3. The normalized spacial score (nSPS) is 12.0. The van der Waals surface area contributed by atoms with Crippen LogP contribution in [0.4, 0.5) is 0 Å². The van der Waals surface area contributed by atoms with Crippen molar-refractivity contribution < 1.29 is 20.8 Å². The average molecular weight is 1090 g/mol. The second-order valence-electron chi connectivity index (χ2n) is 24.8. The van der Waals surface area contributed by atoms with Crippen LogP contribution in [0.25, 0.3) is 66.1 Å². The number of rotatable bonds is 8. The van der Waals surface area contributed by atoms with E-state index in [1.807, 2.05) is 0 Å². The summed E-state index contributed by atoms with van der Waals surface area (Å²) in [6.45, 7) is 41.4. The summed E-state index contributed by atoms with van der Waals surface area (Å²) in [5.74, 6) is 1.30. The second-order valence-corrected chi connectivity index (χ2v) is 29.5. The van der Waals surface area contributed by atoms with E-state index in [-0.39, 0.29) is 21.7 Å². The Morgan fingerprint density at radius 3 is 0.944 bits per heavy atom. The van der Waals surface area contributed by atoms with E-state index in [0.717, 1.165) is 22.4 Å². The molecule has 0 amide bonds. The molecule has 0 aliphatic heterocycles. The van der Waals surface area contributed by atoms with Crippen LogP contribution in [0, 0.1) is 11.8 Å². The van der Waals surface area contributed by atoms with Crippen molar-refractivity contribution in [3.63, 3.8) is 0 Å². The molecular formula is C68H84Cl2SiZr. The van der Waals surface area contributed by atoms with Crippen molar-refractivity contribution in [1.82, 2.24) is 0 Å². The summed E-state index contributed by atoms with van der Waals surface area (Å²) in [6, 6.07) is 55.2. The van der Waals surface area contributed by atoms with Crippen molar-refractivity contribution >= 4 is 48.1 Å². The zero-order valence-corrected chi connectivity index (χ0v) is 52.2. The van der Waals surface area contributed by atoms with Crippen LogP contribution < -0.4 is 0 Å². The first kappa shape index (κ1) is 59.1. The summed E-state index contributed by atoms with van der Waals surface area (Å²) in [6.07, 6.45) is 2.23. The Bertz CT molecular complexity index is 2700. The first-order chi connectivity index (χ1) is 33.7. The molecule has 0 spiro atoms. The van der Waals surface area contributed by atoms with E-state index in [4.69, 9.17) is 17.0 Å². The number of halogens is 2. The minimum absolute atomic E-state index is 0.0889. The number of hydrogen-bond donors (Lipinski definition) is 0. The van der Waals surface area contributed by atoms with E-state index in [1.54, 1.807) is 0 Å². The molecule has 0 aromatic heterocycles. The fourth-order valence-electron chi connectivity index (χ4n) is 9.48. The fourth-order valence-corrected chi connectivity index (χ4v) is 9.48. The summed E-state index contributed by atoms with van der Waals surface area (Å²) in [7, 11) is 11.0. The van der Waals surface area contributed by atoms with Crippen molar-refractivity contribution in [2.45, 2.75) is 158 Å². The quantitative estimate of drug-likeness (QED) is 0.105. The van der Waals surface area contributed by atoms with Gasteiger partial charge in [0, 0.05) is 9.52 Å². The van der Waals surface area contributed by atoms with Gasteiger partial charge in [-0.3, -0.25) is 0 Å². The molecule has 0 aliphatic carbocycles. The summed E-state index contributed by atoms with van der Waals surface area (Å²) in [5, 5.41) is 5.44. The third-order valence-electron chi connectivity index (χ3n) is 13.3. The van der Waals surface area contributed by atoms with Gasteiger partial charge in [-0.1, -0.05) is 244 Å². The van der Waals surface area contributed by atoms with Crippen molar-refractivity contribution in [3.8, 4) is 44.5 Å². The van der Waals surface area contributed by atoms with Crippen molar-refractivity contribution in [2.75, 3.05) is 0 Å². The molecular weight excluding hydrogens is 1010 g/mol. The summed E-state index contributed by atoms with van der Waals surface area (Å²) in [5.41, 5.74) is 19.4. The molecule has 8 aromatic carbocycles. The van der Waals surface area contributed by atoms with Gasteiger partial charge in [0.25, 0.3) is 0 Å². The number of fused-ring (bicyclic) bond motifs is 2. The second kappa shape index (κ2) is 25.2.